The normalized spacial score (nSPS) is 13.0. The van der Waals surface area contributed by atoms with Gasteiger partial charge in [0.25, 0.3) is 5.91 Å². The first-order valence-electron chi connectivity index (χ1n) is 10.2. The highest BCUT2D eigenvalue weighted by atomic mass is 16.2. The van der Waals surface area contributed by atoms with Crippen LogP contribution >= 0.6 is 0 Å². The van der Waals surface area contributed by atoms with Gasteiger partial charge in [0.1, 0.15) is 0 Å². The predicted octanol–water partition coefficient (Wildman–Crippen LogP) is 2.49. The van der Waals surface area contributed by atoms with Gasteiger partial charge in [0.15, 0.2) is 0 Å². The second-order valence-electron chi connectivity index (χ2n) is 7.56. The first-order chi connectivity index (χ1) is 14.6. The molecule has 0 bridgehead atoms. The standard InChI is InChI=1S/C23H25N5O2/c1-17-6-5-9-19(14-17)23(30)27-12-13-28-21(16-27)20(25-26-28)10-11-22(29)24-15-18-7-3-2-4-8-18/h2-9,14H,10-13,15-16H2,1H3,(H,24,29). The number of nitrogens with one attached hydrogen (secondary N) is 1. The summed E-state index contributed by atoms with van der Waals surface area (Å²) in [5, 5.41) is 11.4. The zero-order chi connectivity index (χ0) is 20.9. The van der Waals surface area contributed by atoms with Gasteiger partial charge in [-0.15, -0.1) is 5.10 Å². The van der Waals surface area contributed by atoms with Gasteiger partial charge in [-0.05, 0) is 24.6 Å². The van der Waals surface area contributed by atoms with E-state index in [4.69, 9.17) is 0 Å². The van der Waals surface area contributed by atoms with Crippen molar-refractivity contribution in [2.75, 3.05) is 6.54 Å². The van der Waals surface area contributed by atoms with E-state index in [2.05, 4.69) is 15.6 Å². The fourth-order valence-corrected chi connectivity index (χ4v) is 3.64. The Morgan fingerprint density at radius 1 is 1.07 bits per heavy atom. The molecule has 0 spiro atoms. The summed E-state index contributed by atoms with van der Waals surface area (Å²) in [7, 11) is 0. The number of hydrogen-bond acceptors (Lipinski definition) is 4. The van der Waals surface area contributed by atoms with E-state index >= 15 is 0 Å². The molecule has 0 aliphatic carbocycles. The summed E-state index contributed by atoms with van der Waals surface area (Å²) in [5.41, 5.74) is 4.52. The molecule has 7 heteroatoms. The Hall–Kier alpha value is -3.48. The van der Waals surface area contributed by atoms with E-state index in [1.54, 1.807) is 0 Å². The largest absolute Gasteiger partial charge is 0.352 e. The van der Waals surface area contributed by atoms with Gasteiger partial charge < -0.3 is 10.2 Å². The van der Waals surface area contributed by atoms with Gasteiger partial charge in [-0.25, -0.2) is 4.68 Å². The lowest BCUT2D eigenvalue weighted by Crippen LogP contribution is -2.38. The molecule has 0 atom stereocenters. The van der Waals surface area contributed by atoms with Gasteiger partial charge in [-0.1, -0.05) is 53.2 Å². The summed E-state index contributed by atoms with van der Waals surface area (Å²) < 4.78 is 1.84. The van der Waals surface area contributed by atoms with Crippen molar-refractivity contribution >= 4 is 11.8 Å². The van der Waals surface area contributed by atoms with Crippen LogP contribution in [0.3, 0.4) is 0 Å². The highest BCUT2D eigenvalue weighted by Crippen LogP contribution is 2.18. The highest BCUT2D eigenvalue weighted by molar-refractivity contribution is 5.94. The lowest BCUT2D eigenvalue weighted by atomic mass is 10.1. The number of carbonyl (C=O) groups excluding carboxylic acids is 2. The Morgan fingerprint density at radius 2 is 1.90 bits per heavy atom. The van der Waals surface area contributed by atoms with Crippen LogP contribution in [0.1, 0.15) is 39.3 Å². The van der Waals surface area contributed by atoms with E-state index in [-0.39, 0.29) is 11.8 Å². The fraction of sp³-hybridized carbons (Fsp3) is 0.304. The lowest BCUT2D eigenvalue weighted by Gasteiger charge is -2.28. The van der Waals surface area contributed by atoms with Gasteiger partial charge in [-0.2, -0.15) is 0 Å². The maximum Gasteiger partial charge on any atom is 0.254 e. The molecule has 2 aromatic carbocycles. The highest BCUT2D eigenvalue weighted by Gasteiger charge is 2.25. The van der Waals surface area contributed by atoms with Crippen molar-refractivity contribution in [3.63, 3.8) is 0 Å². The van der Waals surface area contributed by atoms with Crippen LogP contribution in [0.4, 0.5) is 0 Å². The molecule has 2 amide bonds. The summed E-state index contributed by atoms with van der Waals surface area (Å²) >= 11 is 0. The van der Waals surface area contributed by atoms with Crippen molar-refractivity contribution in [2.45, 2.75) is 39.4 Å². The number of fused-ring (bicyclic) bond motifs is 1. The topological polar surface area (TPSA) is 80.1 Å². The molecular weight excluding hydrogens is 378 g/mol. The molecule has 7 nitrogen and oxygen atoms in total. The van der Waals surface area contributed by atoms with E-state index in [0.717, 1.165) is 22.5 Å². The Kier molecular flexibility index (Phi) is 5.88. The van der Waals surface area contributed by atoms with Gasteiger partial charge in [0.05, 0.1) is 24.5 Å². The second-order valence-corrected chi connectivity index (χ2v) is 7.56. The molecule has 30 heavy (non-hydrogen) atoms. The first-order valence-corrected chi connectivity index (χ1v) is 10.2. The third-order valence-electron chi connectivity index (χ3n) is 5.31. The first kappa shape index (κ1) is 19.8. The number of benzene rings is 2. The average Bonchev–Trinajstić information content (AvgIpc) is 3.18. The minimum atomic E-state index is -0.0240. The van der Waals surface area contributed by atoms with Crippen LogP contribution in [-0.2, 0) is 30.8 Å². The van der Waals surface area contributed by atoms with E-state index in [0.29, 0.717) is 44.6 Å². The van der Waals surface area contributed by atoms with E-state index < -0.39 is 0 Å². The van der Waals surface area contributed by atoms with Crippen molar-refractivity contribution < 1.29 is 9.59 Å². The Labute approximate surface area is 175 Å². The monoisotopic (exact) mass is 403 g/mol. The van der Waals surface area contributed by atoms with Crippen molar-refractivity contribution in [2.24, 2.45) is 0 Å². The molecule has 4 rings (SSSR count). The zero-order valence-corrected chi connectivity index (χ0v) is 17.0. The second kappa shape index (κ2) is 8.90. The smallest absolute Gasteiger partial charge is 0.254 e. The molecule has 2 heterocycles. The number of hydrogen-bond donors (Lipinski definition) is 1. The summed E-state index contributed by atoms with van der Waals surface area (Å²) in [6, 6.07) is 17.5. The number of aromatic nitrogens is 3. The summed E-state index contributed by atoms with van der Waals surface area (Å²) in [6.07, 6.45) is 0.840. The third-order valence-corrected chi connectivity index (χ3v) is 5.31. The van der Waals surface area contributed by atoms with Gasteiger partial charge in [0, 0.05) is 31.5 Å². The maximum absolute atomic E-state index is 12.9. The predicted molar refractivity (Wildman–Crippen MR) is 113 cm³/mol. The van der Waals surface area contributed by atoms with Crippen LogP contribution in [0.15, 0.2) is 54.6 Å². The molecule has 1 aliphatic heterocycles. The van der Waals surface area contributed by atoms with Crippen LogP contribution < -0.4 is 5.32 Å². The van der Waals surface area contributed by atoms with E-state index in [9.17, 15) is 9.59 Å². The molecule has 3 aromatic rings. The van der Waals surface area contributed by atoms with Crippen LogP contribution in [0, 0.1) is 6.92 Å². The Morgan fingerprint density at radius 3 is 2.70 bits per heavy atom. The van der Waals surface area contributed by atoms with Crippen LogP contribution in [0.5, 0.6) is 0 Å². The summed E-state index contributed by atoms with van der Waals surface area (Å²) in [6.45, 7) is 4.16. The zero-order valence-electron chi connectivity index (χ0n) is 17.0. The van der Waals surface area contributed by atoms with Crippen molar-refractivity contribution in [3.8, 4) is 0 Å². The molecule has 1 aliphatic rings. The molecule has 154 valence electrons. The quantitative estimate of drug-likeness (QED) is 0.686. The molecule has 0 radical (unpaired) electrons. The summed E-state index contributed by atoms with van der Waals surface area (Å²) in [4.78, 5) is 27.0. The van der Waals surface area contributed by atoms with Crippen LogP contribution in [-0.4, -0.2) is 38.3 Å². The minimum absolute atomic E-state index is 0.0118. The van der Waals surface area contributed by atoms with Crippen molar-refractivity contribution in [3.05, 3.63) is 82.7 Å². The number of amides is 2. The van der Waals surface area contributed by atoms with E-state index in [1.807, 2.05) is 71.1 Å². The third kappa shape index (κ3) is 4.56. The lowest BCUT2D eigenvalue weighted by molar-refractivity contribution is -0.121. The molecule has 0 fully saturated rings. The van der Waals surface area contributed by atoms with Gasteiger partial charge in [-0.3, -0.25) is 9.59 Å². The average molecular weight is 403 g/mol. The minimum Gasteiger partial charge on any atom is -0.352 e. The molecule has 1 aromatic heterocycles. The molecule has 0 unspecified atom stereocenters. The van der Waals surface area contributed by atoms with Crippen LogP contribution in [0.25, 0.3) is 0 Å². The number of carbonyl (C=O) groups is 2. The number of aryl methyl sites for hydroxylation is 2. The fourth-order valence-electron chi connectivity index (χ4n) is 3.64. The SMILES string of the molecule is Cc1cccc(C(=O)N2CCn3nnc(CCC(=O)NCc4ccccc4)c3C2)c1. The van der Waals surface area contributed by atoms with E-state index in [1.165, 1.54) is 0 Å². The van der Waals surface area contributed by atoms with Crippen molar-refractivity contribution in [1.29, 1.82) is 0 Å². The van der Waals surface area contributed by atoms with Gasteiger partial charge >= 0.3 is 0 Å². The maximum atomic E-state index is 12.9. The molecule has 1 N–H and O–H groups in total. The van der Waals surface area contributed by atoms with Crippen molar-refractivity contribution in [1.82, 2.24) is 25.2 Å². The Balaban J connectivity index is 1.36. The number of rotatable bonds is 6. The molecule has 0 saturated heterocycles. The summed E-state index contributed by atoms with van der Waals surface area (Å²) in [5.74, 6) is -0.0122. The Bertz CT molecular complexity index is 1040. The van der Waals surface area contributed by atoms with Gasteiger partial charge in [0.2, 0.25) is 5.91 Å². The molecule has 0 saturated carbocycles. The van der Waals surface area contributed by atoms with Crippen LogP contribution in [0.2, 0.25) is 0 Å². The molecular formula is C23H25N5O2. The number of nitrogens with zero attached hydrogens (tertiary/aromatic N) is 4.